The van der Waals surface area contributed by atoms with Crippen molar-refractivity contribution in [1.29, 1.82) is 0 Å². The Morgan fingerprint density at radius 1 is 1.11 bits per heavy atom. The molecule has 0 N–H and O–H groups in total. The average Bonchev–Trinajstić information content (AvgIpc) is 2.30. The predicted molar refractivity (Wildman–Crippen MR) is 87.7 cm³/mol. The van der Waals surface area contributed by atoms with Crippen molar-refractivity contribution in [2.24, 2.45) is 0 Å². The zero-order valence-electron chi connectivity index (χ0n) is 11.6. The Labute approximate surface area is 135 Å². The summed E-state index contributed by atoms with van der Waals surface area (Å²) in [5.74, 6) is 0.577. The third kappa shape index (κ3) is 6.84. The number of urea groups is 1. The van der Waals surface area contributed by atoms with Crippen LogP contribution in [0.2, 0.25) is 0 Å². The van der Waals surface area contributed by atoms with E-state index in [1.165, 1.54) is 4.90 Å². The summed E-state index contributed by atoms with van der Waals surface area (Å²) in [6.45, 7) is 1.36. The number of rotatable bonds is 4. The highest BCUT2D eigenvalue weighted by molar-refractivity contribution is 8.93. The summed E-state index contributed by atoms with van der Waals surface area (Å²) in [5, 5.41) is 0. The maximum absolute atomic E-state index is 12.0. The molecule has 19 heavy (non-hydrogen) atoms. The van der Waals surface area contributed by atoms with E-state index in [2.05, 4.69) is 9.97 Å². The van der Waals surface area contributed by atoms with Gasteiger partial charge in [-0.25, -0.2) is 9.78 Å². The van der Waals surface area contributed by atoms with Gasteiger partial charge in [0.2, 0.25) is 0 Å². The van der Waals surface area contributed by atoms with E-state index in [1.807, 2.05) is 19.0 Å². The Morgan fingerprint density at radius 2 is 1.74 bits per heavy atom. The molecule has 1 aromatic rings. The van der Waals surface area contributed by atoms with Gasteiger partial charge in [-0.05, 0) is 14.1 Å². The molecule has 0 fully saturated rings. The molecular weight excluding hydrogens is 378 g/mol. The highest BCUT2D eigenvalue weighted by atomic mass is 79.9. The molecule has 0 radical (unpaired) electrons. The highest BCUT2D eigenvalue weighted by Crippen LogP contribution is 2.09. The van der Waals surface area contributed by atoms with E-state index in [9.17, 15) is 4.79 Å². The quantitative estimate of drug-likeness (QED) is 0.774. The van der Waals surface area contributed by atoms with Crippen LogP contribution < -0.4 is 4.90 Å². The summed E-state index contributed by atoms with van der Waals surface area (Å²) in [7, 11) is 7.38. The molecule has 6 nitrogen and oxygen atoms in total. The van der Waals surface area contributed by atoms with Crippen molar-refractivity contribution >= 4 is 45.8 Å². The molecule has 2 amide bonds. The van der Waals surface area contributed by atoms with Crippen LogP contribution in [0.25, 0.3) is 0 Å². The summed E-state index contributed by atoms with van der Waals surface area (Å²) in [4.78, 5) is 25.3. The average molecular weight is 399 g/mol. The van der Waals surface area contributed by atoms with E-state index < -0.39 is 0 Å². The van der Waals surface area contributed by atoms with Crippen molar-refractivity contribution < 1.29 is 4.79 Å². The lowest BCUT2D eigenvalue weighted by molar-refractivity contribution is 0.222. The first-order chi connectivity index (χ1) is 8.02. The Hall–Kier alpha value is -0.730. The van der Waals surface area contributed by atoms with Crippen LogP contribution in [0.1, 0.15) is 0 Å². The van der Waals surface area contributed by atoms with Gasteiger partial charge in [0, 0.05) is 39.6 Å². The number of likely N-dealkylation sites (N-methyl/N-ethyl adjacent to an activating group) is 1. The standard InChI is InChI=1S/C11H19N5O.2BrH/c1-14(2)7-8-16(11(17)15(3)4)10-9-12-5-6-13-10;;/h5-6,9H,7-8H2,1-4H3;2*1H. The van der Waals surface area contributed by atoms with Crippen molar-refractivity contribution in [3.8, 4) is 0 Å². The van der Waals surface area contributed by atoms with Crippen LogP contribution in [0, 0.1) is 0 Å². The highest BCUT2D eigenvalue weighted by Gasteiger charge is 2.18. The lowest BCUT2D eigenvalue weighted by Gasteiger charge is -2.26. The molecule has 0 saturated heterocycles. The number of halogens is 2. The van der Waals surface area contributed by atoms with Crippen molar-refractivity contribution in [2.45, 2.75) is 0 Å². The Bertz CT molecular complexity index is 361. The van der Waals surface area contributed by atoms with E-state index >= 15 is 0 Å². The van der Waals surface area contributed by atoms with Gasteiger partial charge in [-0.2, -0.15) is 0 Å². The van der Waals surface area contributed by atoms with Gasteiger partial charge in [0.15, 0.2) is 5.82 Å². The second kappa shape index (κ2) is 10.1. The number of anilines is 1. The number of carbonyl (C=O) groups excluding carboxylic acids is 1. The van der Waals surface area contributed by atoms with Crippen molar-refractivity contribution in [1.82, 2.24) is 19.8 Å². The molecule has 0 unspecified atom stereocenters. The summed E-state index contributed by atoms with van der Waals surface area (Å²) >= 11 is 0. The van der Waals surface area contributed by atoms with Gasteiger partial charge in [-0.15, -0.1) is 34.0 Å². The summed E-state index contributed by atoms with van der Waals surface area (Å²) in [6, 6.07) is -0.0904. The molecule has 0 spiro atoms. The van der Waals surface area contributed by atoms with Crippen LogP contribution in [-0.2, 0) is 0 Å². The topological polar surface area (TPSA) is 52.6 Å². The first-order valence-electron chi connectivity index (χ1n) is 5.42. The fourth-order valence-electron chi connectivity index (χ4n) is 1.28. The molecule has 0 aliphatic carbocycles. The SMILES string of the molecule is Br.Br.CN(C)CCN(C(=O)N(C)C)c1cnccn1. The molecule has 1 aromatic heterocycles. The van der Waals surface area contributed by atoms with E-state index in [-0.39, 0.29) is 40.0 Å². The smallest absolute Gasteiger partial charge is 0.325 e. The van der Waals surface area contributed by atoms with Gasteiger partial charge in [0.25, 0.3) is 0 Å². The zero-order chi connectivity index (χ0) is 12.8. The molecule has 8 heteroatoms. The van der Waals surface area contributed by atoms with Crippen molar-refractivity contribution in [3.63, 3.8) is 0 Å². The molecule has 1 rings (SSSR count). The van der Waals surface area contributed by atoms with Crippen molar-refractivity contribution in [2.75, 3.05) is 46.2 Å². The fourth-order valence-corrected chi connectivity index (χ4v) is 1.28. The molecule has 0 bridgehead atoms. The maximum atomic E-state index is 12.0. The lowest BCUT2D eigenvalue weighted by atomic mass is 10.4. The van der Waals surface area contributed by atoms with Gasteiger partial charge in [-0.1, -0.05) is 0 Å². The van der Waals surface area contributed by atoms with E-state index in [1.54, 1.807) is 37.6 Å². The minimum Gasteiger partial charge on any atom is -0.330 e. The van der Waals surface area contributed by atoms with Crippen LogP contribution in [0.15, 0.2) is 18.6 Å². The van der Waals surface area contributed by atoms with Crippen LogP contribution in [0.4, 0.5) is 10.6 Å². The molecule has 110 valence electrons. The molecule has 1 heterocycles. The fraction of sp³-hybridized carbons (Fsp3) is 0.545. The number of carbonyl (C=O) groups is 1. The molecule has 0 atom stereocenters. The first-order valence-corrected chi connectivity index (χ1v) is 5.42. The van der Waals surface area contributed by atoms with Gasteiger partial charge in [-0.3, -0.25) is 9.88 Å². The molecule has 0 aliphatic rings. The van der Waals surface area contributed by atoms with Crippen molar-refractivity contribution in [3.05, 3.63) is 18.6 Å². The third-order valence-electron chi connectivity index (χ3n) is 2.21. The largest absolute Gasteiger partial charge is 0.330 e. The summed E-state index contributed by atoms with van der Waals surface area (Å²) in [5.41, 5.74) is 0. The Morgan fingerprint density at radius 3 is 2.16 bits per heavy atom. The minimum atomic E-state index is -0.0904. The second-order valence-electron chi connectivity index (χ2n) is 4.20. The van der Waals surface area contributed by atoms with E-state index in [0.29, 0.717) is 12.4 Å². The molecule has 0 saturated carbocycles. The maximum Gasteiger partial charge on any atom is 0.325 e. The number of hydrogen-bond acceptors (Lipinski definition) is 4. The first kappa shape index (κ1) is 20.6. The number of aromatic nitrogens is 2. The number of hydrogen-bond donors (Lipinski definition) is 0. The Balaban J connectivity index is 0. The summed E-state index contributed by atoms with van der Waals surface area (Å²) in [6.07, 6.45) is 4.77. The van der Waals surface area contributed by atoms with Gasteiger partial charge < -0.3 is 9.80 Å². The molecule has 0 aliphatic heterocycles. The van der Waals surface area contributed by atoms with Crippen LogP contribution in [-0.4, -0.2) is 67.1 Å². The van der Waals surface area contributed by atoms with Crippen LogP contribution in [0.5, 0.6) is 0 Å². The summed E-state index contributed by atoms with van der Waals surface area (Å²) < 4.78 is 0. The molecule has 0 aromatic carbocycles. The minimum absolute atomic E-state index is 0. The van der Waals surface area contributed by atoms with Crippen LogP contribution >= 0.6 is 34.0 Å². The van der Waals surface area contributed by atoms with Crippen LogP contribution in [0.3, 0.4) is 0 Å². The van der Waals surface area contributed by atoms with E-state index in [4.69, 9.17) is 0 Å². The number of nitrogens with zero attached hydrogens (tertiary/aromatic N) is 5. The number of amides is 2. The Kier molecular flexibility index (Phi) is 10.9. The normalized spacial score (nSPS) is 9.32. The van der Waals surface area contributed by atoms with Gasteiger partial charge in [0.05, 0.1) is 6.20 Å². The zero-order valence-corrected chi connectivity index (χ0v) is 15.0. The monoisotopic (exact) mass is 397 g/mol. The lowest BCUT2D eigenvalue weighted by Crippen LogP contribution is -2.43. The van der Waals surface area contributed by atoms with Gasteiger partial charge >= 0.3 is 6.03 Å². The molecular formula is C11H21Br2N5O. The predicted octanol–water partition coefficient (Wildman–Crippen LogP) is 1.68. The van der Waals surface area contributed by atoms with E-state index in [0.717, 1.165) is 6.54 Å². The second-order valence-corrected chi connectivity index (χ2v) is 4.20. The van der Waals surface area contributed by atoms with Gasteiger partial charge in [0.1, 0.15) is 0 Å². The third-order valence-corrected chi connectivity index (χ3v) is 2.21.